The van der Waals surface area contributed by atoms with Crippen LogP contribution in [-0.2, 0) is 14.3 Å². The molecule has 1 saturated heterocycles. The SMILES string of the molecule is Cc1cc(NC(=O)CCCCCl)ccc1N1CCC=C(N2CCOCC2)C1=O. The van der Waals surface area contributed by atoms with Crippen LogP contribution in [0.15, 0.2) is 30.0 Å². The zero-order chi connectivity index (χ0) is 19.9. The summed E-state index contributed by atoms with van der Waals surface area (Å²) < 4.78 is 5.40. The molecule has 0 unspecified atom stereocenters. The Morgan fingerprint density at radius 1 is 1.21 bits per heavy atom. The molecule has 0 radical (unpaired) electrons. The predicted molar refractivity (Wildman–Crippen MR) is 112 cm³/mol. The van der Waals surface area contributed by atoms with Crippen LogP contribution in [-0.4, -0.2) is 55.4 Å². The lowest BCUT2D eigenvalue weighted by Crippen LogP contribution is -2.45. The van der Waals surface area contributed by atoms with E-state index in [0.29, 0.717) is 32.1 Å². The Bertz CT molecular complexity index is 744. The van der Waals surface area contributed by atoms with Gasteiger partial charge in [-0.1, -0.05) is 6.08 Å². The van der Waals surface area contributed by atoms with E-state index in [1.165, 1.54) is 0 Å². The summed E-state index contributed by atoms with van der Waals surface area (Å²) in [6.07, 6.45) is 4.95. The lowest BCUT2D eigenvalue weighted by molar-refractivity contribution is -0.118. The van der Waals surface area contributed by atoms with Crippen LogP contribution in [0.5, 0.6) is 0 Å². The van der Waals surface area contributed by atoms with Crippen molar-refractivity contribution in [2.24, 2.45) is 0 Å². The van der Waals surface area contributed by atoms with Gasteiger partial charge in [-0.2, -0.15) is 0 Å². The molecular formula is C21H28ClN3O3. The molecule has 0 aliphatic carbocycles. The molecule has 1 aromatic carbocycles. The number of alkyl halides is 1. The summed E-state index contributed by atoms with van der Waals surface area (Å²) >= 11 is 5.65. The molecule has 0 aromatic heterocycles. The fraction of sp³-hybridized carbons (Fsp3) is 0.524. The minimum Gasteiger partial charge on any atom is -0.378 e. The normalized spacial score (nSPS) is 17.5. The van der Waals surface area contributed by atoms with Crippen LogP contribution in [0.2, 0.25) is 0 Å². The summed E-state index contributed by atoms with van der Waals surface area (Å²) in [6.45, 7) is 5.44. The van der Waals surface area contributed by atoms with Crippen LogP contribution in [0.3, 0.4) is 0 Å². The van der Waals surface area contributed by atoms with E-state index in [2.05, 4.69) is 10.2 Å². The molecule has 0 saturated carbocycles. The molecule has 2 aliphatic heterocycles. The van der Waals surface area contributed by atoms with E-state index in [-0.39, 0.29) is 11.8 Å². The Morgan fingerprint density at radius 3 is 2.71 bits per heavy atom. The number of nitrogens with zero attached hydrogens (tertiary/aromatic N) is 2. The number of amides is 2. The monoisotopic (exact) mass is 405 g/mol. The van der Waals surface area contributed by atoms with Crippen molar-refractivity contribution in [2.75, 3.05) is 48.9 Å². The van der Waals surface area contributed by atoms with Crippen LogP contribution in [0, 0.1) is 6.92 Å². The van der Waals surface area contributed by atoms with Crippen LogP contribution in [0.4, 0.5) is 11.4 Å². The number of rotatable bonds is 7. The first kappa shape index (κ1) is 20.7. The summed E-state index contributed by atoms with van der Waals surface area (Å²) in [5, 5.41) is 2.92. The number of unbranched alkanes of at least 4 members (excludes halogenated alkanes) is 1. The standard InChI is InChI=1S/C21H28ClN3O3/c1-16-15-17(23-20(26)6-2-3-9-22)7-8-18(16)25-10-4-5-19(21(25)27)24-11-13-28-14-12-24/h5,7-8,15H,2-4,6,9-14H2,1H3,(H,23,26). The highest BCUT2D eigenvalue weighted by Crippen LogP contribution is 2.28. The molecule has 6 nitrogen and oxygen atoms in total. The first-order chi connectivity index (χ1) is 13.6. The largest absolute Gasteiger partial charge is 0.378 e. The van der Waals surface area contributed by atoms with Crippen LogP contribution >= 0.6 is 11.6 Å². The fourth-order valence-electron chi connectivity index (χ4n) is 3.60. The summed E-state index contributed by atoms with van der Waals surface area (Å²) in [5.74, 6) is 0.601. The second-order valence-corrected chi connectivity index (χ2v) is 7.51. The second-order valence-electron chi connectivity index (χ2n) is 7.13. The number of nitrogens with one attached hydrogen (secondary N) is 1. The number of carbonyl (C=O) groups is 2. The predicted octanol–water partition coefficient (Wildman–Crippen LogP) is 3.30. The van der Waals surface area contributed by atoms with Gasteiger partial charge in [-0.05, 0) is 49.9 Å². The zero-order valence-corrected chi connectivity index (χ0v) is 17.1. The molecule has 0 bridgehead atoms. The fourth-order valence-corrected chi connectivity index (χ4v) is 3.78. The zero-order valence-electron chi connectivity index (χ0n) is 16.4. The highest BCUT2D eigenvalue weighted by molar-refractivity contribution is 6.17. The summed E-state index contributed by atoms with van der Waals surface area (Å²) in [5.41, 5.74) is 3.38. The van der Waals surface area contributed by atoms with Gasteiger partial charge in [0, 0.05) is 43.3 Å². The molecule has 28 heavy (non-hydrogen) atoms. The third-order valence-corrected chi connectivity index (χ3v) is 5.33. The summed E-state index contributed by atoms with van der Waals surface area (Å²) in [4.78, 5) is 29.0. The lowest BCUT2D eigenvalue weighted by atomic mass is 10.1. The van der Waals surface area contributed by atoms with Crippen LogP contribution in [0.25, 0.3) is 0 Å². The number of hydrogen-bond donors (Lipinski definition) is 1. The van der Waals surface area contributed by atoms with E-state index < -0.39 is 0 Å². The Morgan fingerprint density at radius 2 is 2.00 bits per heavy atom. The van der Waals surface area contributed by atoms with Gasteiger partial charge in [0.15, 0.2) is 0 Å². The number of carbonyl (C=O) groups excluding carboxylic acids is 2. The van der Waals surface area contributed by atoms with E-state index in [1.807, 2.05) is 36.1 Å². The average Bonchev–Trinajstić information content (AvgIpc) is 2.70. The molecule has 3 rings (SSSR count). The van der Waals surface area contributed by atoms with Crippen LogP contribution < -0.4 is 10.2 Å². The third kappa shape index (κ3) is 5.06. The van der Waals surface area contributed by atoms with Crippen molar-refractivity contribution in [1.82, 2.24) is 4.90 Å². The molecule has 2 aliphatic rings. The van der Waals surface area contributed by atoms with Gasteiger partial charge in [0.05, 0.1) is 18.9 Å². The van der Waals surface area contributed by atoms with Gasteiger partial charge >= 0.3 is 0 Å². The number of halogens is 1. The van der Waals surface area contributed by atoms with Crippen molar-refractivity contribution in [2.45, 2.75) is 32.6 Å². The number of ether oxygens (including phenoxy) is 1. The van der Waals surface area contributed by atoms with Crippen molar-refractivity contribution in [3.05, 3.63) is 35.5 Å². The van der Waals surface area contributed by atoms with E-state index >= 15 is 0 Å². The first-order valence-electron chi connectivity index (χ1n) is 9.91. The molecule has 2 heterocycles. The average molecular weight is 406 g/mol. The van der Waals surface area contributed by atoms with Crippen molar-refractivity contribution in [3.63, 3.8) is 0 Å². The number of hydrogen-bond acceptors (Lipinski definition) is 4. The minimum absolute atomic E-state index is 0.0103. The highest BCUT2D eigenvalue weighted by atomic mass is 35.5. The van der Waals surface area contributed by atoms with E-state index in [4.69, 9.17) is 16.3 Å². The smallest absolute Gasteiger partial charge is 0.274 e. The molecule has 0 spiro atoms. The van der Waals surface area contributed by atoms with Gasteiger partial charge in [-0.25, -0.2) is 0 Å². The van der Waals surface area contributed by atoms with Gasteiger partial charge in [-0.15, -0.1) is 11.6 Å². The molecule has 1 fully saturated rings. The molecule has 1 N–H and O–H groups in total. The van der Waals surface area contributed by atoms with Crippen molar-refractivity contribution >= 4 is 34.8 Å². The number of anilines is 2. The minimum atomic E-state index is -0.0103. The molecule has 2 amide bonds. The van der Waals surface area contributed by atoms with Gasteiger partial charge in [0.1, 0.15) is 0 Å². The number of morpholine rings is 1. The molecule has 0 atom stereocenters. The Kier molecular flexibility index (Phi) is 7.34. The molecule has 1 aromatic rings. The van der Waals surface area contributed by atoms with E-state index in [9.17, 15) is 9.59 Å². The lowest BCUT2D eigenvalue weighted by Gasteiger charge is -2.36. The molecule has 152 valence electrons. The van der Waals surface area contributed by atoms with Crippen molar-refractivity contribution in [1.29, 1.82) is 0 Å². The topological polar surface area (TPSA) is 61.9 Å². The Hall–Kier alpha value is -2.05. The highest BCUT2D eigenvalue weighted by Gasteiger charge is 2.28. The number of benzene rings is 1. The maximum absolute atomic E-state index is 13.1. The van der Waals surface area contributed by atoms with E-state index in [1.54, 1.807) is 0 Å². The summed E-state index contributed by atoms with van der Waals surface area (Å²) in [7, 11) is 0. The second kappa shape index (κ2) is 9.94. The molecule has 7 heteroatoms. The van der Waals surface area contributed by atoms with Gasteiger partial charge in [0.25, 0.3) is 5.91 Å². The quantitative estimate of drug-likeness (QED) is 0.558. The van der Waals surface area contributed by atoms with E-state index in [0.717, 1.165) is 55.0 Å². The third-order valence-electron chi connectivity index (χ3n) is 5.07. The summed E-state index contributed by atoms with van der Waals surface area (Å²) in [6, 6.07) is 5.71. The van der Waals surface area contributed by atoms with Gasteiger partial charge in [0.2, 0.25) is 5.91 Å². The van der Waals surface area contributed by atoms with Crippen LogP contribution in [0.1, 0.15) is 31.2 Å². The van der Waals surface area contributed by atoms with Gasteiger partial charge < -0.3 is 19.9 Å². The maximum atomic E-state index is 13.1. The first-order valence-corrected chi connectivity index (χ1v) is 10.4. The Balaban J connectivity index is 1.67. The van der Waals surface area contributed by atoms with Crippen molar-refractivity contribution in [3.8, 4) is 0 Å². The Labute approximate surface area is 171 Å². The maximum Gasteiger partial charge on any atom is 0.274 e. The van der Waals surface area contributed by atoms with Crippen molar-refractivity contribution < 1.29 is 14.3 Å². The number of aryl methyl sites for hydroxylation is 1. The van der Waals surface area contributed by atoms with Gasteiger partial charge in [-0.3, -0.25) is 9.59 Å². The molecular weight excluding hydrogens is 378 g/mol.